The molecule has 2 aromatic heterocycles. The van der Waals surface area contributed by atoms with Gasteiger partial charge in [0.25, 0.3) is 5.91 Å². The van der Waals surface area contributed by atoms with Crippen LogP contribution in [0.25, 0.3) is 5.69 Å². The van der Waals surface area contributed by atoms with Gasteiger partial charge in [0.1, 0.15) is 11.5 Å². The van der Waals surface area contributed by atoms with Gasteiger partial charge in [0.2, 0.25) is 0 Å². The third kappa shape index (κ3) is 3.37. The highest BCUT2D eigenvalue weighted by Crippen LogP contribution is 2.21. The Morgan fingerprint density at radius 3 is 2.78 bits per heavy atom. The maximum absolute atomic E-state index is 13.0. The molecule has 0 unspecified atom stereocenters. The molecule has 0 aliphatic rings. The smallest absolute Gasteiger partial charge is 0.268 e. The molecule has 1 amide bonds. The van der Waals surface area contributed by atoms with Gasteiger partial charge in [-0.05, 0) is 24.3 Å². The quantitative estimate of drug-likeness (QED) is 0.777. The molecule has 0 aliphatic carbocycles. The molecule has 118 valence electrons. The number of thiazole rings is 1. The Morgan fingerprint density at radius 2 is 2.13 bits per heavy atom. The lowest BCUT2D eigenvalue weighted by atomic mass is 10.3. The minimum Gasteiger partial charge on any atom is -0.364 e. The van der Waals surface area contributed by atoms with E-state index >= 15 is 0 Å². The summed E-state index contributed by atoms with van der Waals surface area (Å²) in [6.07, 6.45) is 3.61. The predicted molar refractivity (Wildman–Crippen MR) is 86.3 cm³/mol. The van der Waals surface area contributed by atoms with Crippen molar-refractivity contribution in [3.63, 3.8) is 0 Å². The van der Waals surface area contributed by atoms with Crippen molar-refractivity contribution >= 4 is 22.4 Å². The summed E-state index contributed by atoms with van der Waals surface area (Å²) < 4.78 is 14.6. The third-order valence-electron chi connectivity index (χ3n) is 3.22. The average Bonchev–Trinajstić information content (AvgIpc) is 3.17. The number of carbonyl (C=O) groups is 1. The highest BCUT2D eigenvalue weighted by atomic mass is 32.1. The summed E-state index contributed by atoms with van der Waals surface area (Å²) in [6, 6.07) is 6.11. The maximum atomic E-state index is 13.0. The van der Waals surface area contributed by atoms with Gasteiger partial charge < -0.3 is 10.6 Å². The van der Waals surface area contributed by atoms with Crippen LogP contribution < -0.4 is 10.6 Å². The molecule has 1 aromatic carbocycles. The van der Waals surface area contributed by atoms with Crippen molar-refractivity contribution in [3.05, 3.63) is 59.1 Å². The topological polar surface area (TPSA) is 77.0 Å². The molecule has 0 saturated carbocycles. The summed E-state index contributed by atoms with van der Waals surface area (Å²) >= 11 is 1.36. The Hall–Kier alpha value is -2.74. The minimum absolute atomic E-state index is 0.263. The van der Waals surface area contributed by atoms with Crippen molar-refractivity contribution in [2.75, 3.05) is 11.9 Å². The Bertz CT molecular complexity index is 827. The second-order valence-corrected chi connectivity index (χ2v) is 5.84. The van der Waals surface area contributed by atoms with Gasteiger partial charge in [-0.3, -0.25) is 4.79 Å². The van der Waals surface area contributed by atoms with Crippen LogP contribution in [0.1, 0.15) is 16.1 Å². The number of hydrogen-bond donors (Lipinski definition) is 1. The Morgan fingerprint density at radius 1 is 1.39 bits per heavy atom. The molecule has 6 nitrogen and oxygen atoms in total. The summed E-state index contributed by atoms with van der Waals surface area (Å²) in [5.74, 6) is -0.820. The van der Waals surface area contributed by atoms with Gasteiger partial charge >= 0.3 is 0 Å². The molecule has 0 saturated heterocycles. The molecule has 8 heteroatoms. The Kier molecular flexibility index (Phi) is 4.07. The van der Waals surface area contributed by atoms with Crippen molar-refractivity contribution in [2.24, 2.45) is 5.73 Å². The zero-order valence-corrected chi connectivity index (χ0v) is 13.1. The molecule has 23 heavy (non-hydrogen) atoms. The van der Waals surface area contributed by atoms with E-state index < -0.39 is 5.91 Å². The van der Waals surface area contributed by atoms with Crippen LogP contribution in [0.4, 0.5) is 9.52 Å². The number of aromatic nitrogens is 3. The number of benzene rings is 1. The van der Waals surface area contributed by atoms with E-state index in [0.717, 1.165) is 11.3 Å². The van der Waals surface area contributed by atoms with Gasteiger partial charge in [0.15, 0.2) is 5.13 Å². The largest absolute Gasteiger partial charge is 0.364 e. The lowest BCUT2D eigenvalue weighted by Crippen LogP contribution is -2.17. The molecular formula is C15H14FN5OS. The molecule has 0 fully saturated rings. The highest BCUT2D eigenvalue weighted by Gasteiger charge is 2.11. The van der Waals surface area contributed by atoms with Gasteiger partial charge in [-0.1, -0.05) is 0 Å². The number of hydrogen-bond acceptors (Lipinski definition) is 5. The SMILES string of the molecule is CN(Cc1cnn(-c2ccc(F)cc2)c1)c1nc(C(N)=O)cs1. The van der Waals surface area contributed by atoms with Crippen LogP contribution in [-0.2, 0) is 6.54 Å². The van der Waals surface area contributed by atoms with Crippen LogP contribution in [-0.4, -0.2) is 27.7 Å². The number of amides is 1. The summed E-state index contributed by atoms with van der Waals surface area (Å²) in [5, 5.41) is 6.61. The fourth-order valence-corrected chi connectivity index (χ4v) is 2.85. The predicted octanol–water partition coefficient (Wildman–Crippen LogP) is 2.20. The van der Waals surface area contributed by atoms with Crippen molar-refractivity contribution in [1.29, 1.82) is 0 Å². The van der Waals surface area contributed by atoms with E-state index in [0.29, 0.717) is 11.7 Å². The summed E-state index contributed by atoms with van der Waals surface area (Å²) in [4.78, 5) is 17.2. The van der Waals surface area contributed by atoms with E-state index in [4.69, 9.17) is 5.73 Å². The fourth-order valence-electron chi connectivity index (χ4n) is 2.07. The molecule has 0 radical (unpaired) electrons. The number of nitrogens with zero attached hydrogens (tertiary/aromatic N) is 4. The van der Waals surface area contributed by atoms with Crippen LogP contribution in [0.5, 0.6) is 0 Å². The first-order valence-electron chi connectivity index (χ1n) is 6.79. The van der Waals surface area contributed by atoms with E-state index in [1.54, 1.807) is 28.4 Å². The van der Waals surface area contributed by atoms with Gasteiger partial charge in [0, 0.05) is 30.7 Å². The number of halogens is 1. The van der Waals surface area contributed by atoms with Crippen molar-refractivity contribution < 1.29 is 9.18 Å². The monoisotopic (exact) mass is 331 g/mol. The molecule has 0 bridgehead atoms. The molecule has 3 aromatic rings. The number of rotatable bonds is 5. The zero-order valence-electron chi connectivity index (χ0n) is 12.3. The highest BCUT2D eigenvalue weighted by molar-refractivity contribution is 7.13. The Balaban J connectivity index is 1.73. The second kappa shape index (κ2) is 6.17. The second-order valence-electron chi connectivity index (χ2n) is 5.01. The van der Waals surface area contributed by atoms with E-state index in [9.17, 15) is 9.18 Å². The third-order valence-corrected chi connectivity index (χ3v) is 4.17. The van der Waals surface area contributed by atoms with Crippen LogP contribution in [0.15, 0.2) is 42.0 Å². The van der Waals surface area contributed by atoms with E-state index in [-0.39, 0.29) is 11.5 Å². The number of nitrogens with two attached hydrogens (primary N) is 1. The summed E-state index contributed by atoms with van der Waals surface area (Å²) in [5.41, 5.74) is 7.22. The molecule has 0 spiro atoms. The zero-order chi connectivity index (χ0) is 16.4. The lowest BCUT2D eigenvalue weighted by molar-refractivity contribution is 0.0996. The number of primary amides is 1. The Labute approximate surface area is 136 Å². The molecule has 2 heterocycles. The van der Waals surface area contributed by atoms with Gasteiger partial charge in [-0.2, -0.15) is 5.10 Å². The standard InChI is InChI=1S/C15H14FN5OS/c1-20(15-19-13(9-23-15)14(17)22)7-10-6-18-21(8-10)12-4-2-11(16)3-5-12/h2-6,8-9H,7H2,1H3,(H2,17,22). The maximum Gasteiger partial charge on any atom is 0.268 e. The van der Waals surface area contributed by atoms with Gasteiger partial charge in [-0.25, -0.2) is 14.1 Å². The summed E-state index contributed by atoms with van der Waals surface area (Å²) in [6.45, 7) is 0.576. The van der Waals surface area contributed by atoms with Gasteiger partial charge in [0.05, 0.1) is 11.9 Å². The summed E-state index contributed by atoms with van der Waals surface area (Å²) in [7, 11) is 1.87. The van der Waals surface area contributed by atoms with E-state index in [2.05, 4.69) is 10.1 Å². The lowest BCUT2D eigenvalue weighted by Gasteiger charge is -2.13. The van der Waals surface area contributed by atoms with Crippen LogP contribution in [0.2, 0.25) is 0 Å². The van der Waals surface area contributed by atoms with Crippen LogP contribution in [0.3, 0.4) is 0 Å². The number of anilines is 1. The minimum atomic E-state index is -0.537. The normalized spacial score (nSPS) is 10.7. The molecule has 3 rings (SSSR count). The first-order valence-corrected chi connectivity index (χ1v) is 7.67. The van der Waals surface area contributed by atoms with E-state index in [1.165, 1.54) is 23.5 Å². The van der Waals surface area contributed by atoms with E-state index in [1.807, 2.05) is 18.1 Å². The molecule has 2 N–H and O–H groups in total. The van der Waals surface area contributed by atoms with Crippen molar-refractivity contribution in [2.45, 2.75) is 6.54 Å². The first-order chi connectivity index (χ1) is 11.0. The average molecular weight is 331 g/mol. The first kappa shape index (κ1) is 15.2. The van der Waals surface area contributed by atoms with Crippen LogP contribution in [0, 0.1) is 5.82 Å². The van der Waals surface area contributed by atoms with Crippen molar-refractivity contribution in [3.8, 4) is 5.69 Å². The molecule has 0 aliphatic heterocycles. The van der Waals surface area contributed by atoms with Gasteiger partial charge in [-0.15, -0.1) is 11.3 Å². The molecule has 0 atom stereocenters. The molecular weight excluding hydrogens is 317 g/mol. The van der Waals surface area contributed by atoms with Crippen LogP contribution >= 0.6 is 11.3 Å². The fraction of sp³-hybridized carbons (Fsp3) is 0.133. The van der Waals surface area contributed by atoms with Crippen molar-refractivity contribution in [1.82, 2.24) is 14.8 Å². The number of carbonyl (C=O) groups excluding carboxylic acids is 1.